The van der Waals surface area contributed by atoms with Crippen molar-refractivity contribution in [3.63, 3.8) is 0 Å². The first kappa shape index (κ1) is 22.8. The summed E-state index contributed by atoms with van der Waals surface area (Å²) in [6.45, 7) is 5.97. The summed E-state index contributed by atoms with van der Waals surface area (Å²) in [6.07, 6.45) is 2.74. The molecule has 2 amide bonds. The standard InChI is InChI=1S/C28H32N2O3/c1-20-8-5-9-21(2)27(20)33-19-7-14-26(31)30-17-15-23(16-18-30)29-28(32)25-13-6-11-22-10-3-4-12-24(22)25/h3-6,8-13,23H,7,14-19H2,1-2H3,(H,29,32). The Morgan fingerprint density at radius 1 is 0.939 bits per heavy atom. The minimum atomic E-state index is -0.0415. The highest BCUT2D eigenvalue weighted by molar-refractivity contribution is 6.07. The molecule has 4 rings (SSSR count). The number of likely N-dealkylation sites (tertiary alicyclic amines) is 1. The van der Waals surface area contributed by atoms with E-state index >= 15 is 0 Å². The zero-order valence-electron chi connectivity index (χ0n) is 19.5. The third-order valence-electron chi connectivity index (χ3n) is 6.41. The Bertz CT molecular complexity index is 1110. The van der Waals surface area contributed by atoms with Gasteiger partial charge in [0.25, 0.3) is 5.91 Å². The normalized spacial score (nSPS) is 14.3. The summed E-state index contributed by atoms with van der Waals surface area (Å²) < 4.78 is 5.92. The van der Waals surface area contributed by atoms with Crippen molar-refractivity contribution in [1.29, 1.82) is 0 Å². The molecule has 1 aliphatic rings. The Kier molecular flexibility index (Phi) is 7.28. The highest BCUT2D eigenvalue weighted by atomic mass is 16.5. The quantitative estimate of drug-likeness (QED) is 0.520. The molecule has 1 heterocycles. The number of carbonyl (C=O) groups is 2. The maximum absolute atomic E-state index is 12.9. The van der Waals surface area contributed by atoms with Gasteiger partial charge in [-0.3, -0.25) is 9.59 Å². The van der Waals surface area contributed by atoms with E-state index in [-0.39, 0.29) is 17.9 Å². The molecule has 0 aliphatic carbocycles. The van der Waals surface area contributed by atoms with Gasteiger partial charge in [-0.1, -0.05) is 54.6 Å². The molecule has 3 aromatic rings. The summed E-state index contributed by atoms with van der Waals surface area (Å²) in [4.78, 5) is 27.4. The largest absolute Gasteiger partial charge is 0.493 e. The van der Waals surface area contributed by atoms with Crippen LogP contribution in [0.5, 0.6) is 5.75 Å². The number of aryl methyl sites for hydroxylation is 2. The zero-order chi connectivity index (χ0) is 23.2. The lowest BCUT2D eigenvalue weighted by atomic mass is 10.0. The van der Waals surface area contributed by atoms with Crippen LogP contribution in [0.4, 0.5) is 0 Å². The van der Waals surface area contributed by atoms with Crippen molar-refractivity contribution >= 4 is 22.6 Å². The van der Waals surface area contributed by atoms with Crippen LogP contribution in [0.25, 0.3) is 10.8 Å². The topological polar surface area (TPSA) is 58.6 Å². The number of rotatable bonds is 7. The van der Waals surface area contributed by atoms with Crippen molar-refractivity contribution in [3.8, 4) is 5.75 Å². The molecular weight excluding hydrogens is 412 g/mol. The van der Waals surface area contributed by atoms with Gasteiger partial charge in [0.2, 0.25) is 5.91 Å². The number of piperidine rings is 1. The number of fused-ring (bicyclic) bond motifs is 1. The van der Waals surface area contributed by atoms with Crippen molar-refractivity contribution in [2.24, 2.45) is 0 Å². The summed E-state index contributed by atoms with van der Waals surface area (Å²) in [5.74, 6) is 1.05. The first-order valence-electron chi connectivity index (χ1n) is 11.8. The SMILES string of the molecule is Cc1cccc(C)c1OCCCC(=O)N1CCC(NC(=O)c2cccc3ccccc23)CC1. The van der Waals surface area contributed by atoms with Gasteiger partial charge in [-0.25, -0.2) is 0 Å². The second kappa shape index (κ2) is 10.5. The third kappa shape index (κ3) is 5.54. The summed E-state index contributed by atoms with van der Waals surface area (Å²) in [7, 11) is 0. The Hall–Kier alpha value is -3.34. The van der Waals surface area contributed by atoms with Crippen molar-refractivity contribution < 1.29 is 14.3 Å². The lowest BCUT2D eigenvalue weighted by Crippen LogP contribution is -2.46. The van der Waals surface area contributed by atoms with E-state index in [0.717, 1.165) is 40.5 Å². The van der Waals surface area contributed by atoms with E-state index < -0.39 is 0 Å². The third-order valence-corrected chi connectivity index (χ3v) is 6.41. The van der Waals surface area contributed by atoms with E-state index in [1.54, 1.807) is 0 Å². The number of hydrogen-bond acceptors (Lipinski definition) is 3. The molecule has 1 N–H and O–H groups in total. The number of nitrogens with zero attached hydrogens (tertiary/aromatic N) is 1. The van der Waals surface area contributed by atoms with Crippen LogP contribution in [-0.2, 0) is 4.79 Å². The summed E-state index contributed by atoms with van der Waals surface area (Å²) in [6, 6.07) is 19.9. The molecule has 0 unspecified atom stereocenters. The molecule has 1 aliphatic heterocycles. The Morgan fingerprint density at radius 2 is 1.61 bits per heavy atom. The first-order chi connectivity index (χ1) is 16.0. The lowest BCUT2D eigenvalue weighted by molar-refractivity contribution is -0.132. The van der Waals surface area contributed by atoms with E-state index in [9.17, 15) is 9.59 Å². The second-order valence-corrected chi connectivity index (χ2v) is 8.83. The van der Waals surface area contributed by atoms with E-state index in [2.05, 4.69) is 5.32 Å². The highest BCUT2D eigenvalue weighted by Crippen LogP contribution is 2.23. The van der Waals surface area contributed by atoms with E-state index in [1.165, 1.54) is 0 Å². The number of carbonyl (C=O) groups excluding carboxylic acids is 2. The fourth-order valence-corrected chi connectivity index (χ4v) is 4.54. The van der Waals surface area contributed by atoms with Gasteiger partial charge in [0.05, 0.1) is 6.61 Å². The highest BCUT2D eigenvalue weighted by Gasteiger charge is 2.24. The minimum absolute atomic E-state index is 0.0415. The van der Waals surface area contributed by atoms with Crippen LogP contribution in [0.2, 0.25) is 0 Å². The zero-order valence-corrected chi connectivity index (χ0v) is 19.5. The molecule has 1 saturated heterocycles. The molecule has 5 nitrogen and oxygen atoms in total. The molecular formula is C28H32N2O3. The van der Waals surface area contributed by atoms with Crippen molar-refractivity contribution in [2.75, 3.05) is 19.7 Å². The summed E-state index contributed by atoms with van der Waals surface area (Å²) in [5, 5.41) is 5.20. The number of benzene rings is 3. The number of nitrogens with one attached hydrogen (secondary N) is 1. The second-order valence-electron chi connectivity index (χ2n) is 8.83. The molecule has 172 valence electrons. The molecule has 0 atom stereocenters. The van der Waals surface area contributed by atoms with Gasteiger partial charge < -0.3 is 15.0 Å². The van der Waals surface area contributed by atoms with Crippen molar-refractivity contribution in [1.82, 2.24) is 10.2 Å². The molecule has 5 heteroatoms. The van der Waals surface area contributed by atoms with E-state index in [0.29, 0.717) is 38.1 Å². The van der Waals surface area contributed by atoms with Crippen molar-refractivity contribution in [3.05, 3.63) is 77.4 Å². The average molecular weight is 445 g/mol. The number of hydrogen-bond donors (Lipinski definition) is 1. The van der Waals surface area contributed by atoms with Crippen molar-refractivity contribution in [2.45, 2.75) is 45.6 Å². The van der Waals surface area contributed by atoms with Gasteiger partial charge in [-0.05, 0) is 61.1 Å². The van der Waals surface area contributed by atoms with Gasteiger partial charge in [0.15, 0.2) is 0 Å². The fourth-order valence-electron chi connectivity index (χ4n) is 4.54. The predicted molar refractivity (Wildman–Crippen MR) is 132 cm³/mol. The fraction of sp³-hybridized carbons (Fsp3) is 0.357. The summed E-state index contributed by atoms with van der Waals surface area (Å²) >= 11 is 0. The van der Waals surface area contributed by atoms with Crippen LogP contribution in [0, 0.1) is 13.8 Å². The van der Waals surface area contributed by atoms with Crippen LogP contribution >= 0.6 is 0 Å². The van der Waals surface area contributed by atoms with Crippen LogP contribution in [0.3, 0.4) is 0 Å². The molecule has 0 bridgehead atoms. The molecule has 1 fully saturated rings. The van der Waals surface area contributed by atoms with Gasteiger partial charge in [-0.2, -0.15) is 0 Å². The number of ether oxygens (including phenoxy) is 1. The minimum Gasteiger partial charge on any atom is -0.493 e. The molecule has 0 spiro atoms. The van der Waals surface area contributed by atoms with Crippen LogP contribution < -0.4 is 10.1 Å². The van der Waals surface area contributed by atoms with Gasteiger partial charge in [0, 0.05) is 31.1 Å². The first-order valence-corrected chi connectivity index (χ1v) is 11.8. The predicted octanol–water partition coefficient (Wildman–Crippen LogP) is 5.04. The Balaban J connectivity index is 1.21. The molecule has 3 aromatic carbocycles. The smallest absolute Gasteiger partial charge is 0.252 e. The molecule has 0 aromatic heterocycles. The molecule has 0 radical (unpaired) electrons. The summed E-state index contributed by atoms with van der Waals surface area (Å²) in [5.41, 5.74) is 2.94. The number of para-hydroxylation sites is 1. The number of amides is 2. The monoisotopic (exact) mass is 444 g/mol. The van der Waals surface area contributed by atoms with E-state index in [1.807, 2.05) is 79.4 Å². The maximum Gasteiger partial charge on any atom is 0.252 e. The Labute approximate surface area is 195 Å². The van der Waals surface area contributed by atoms with Gasteiger partial charge in [0.1, 0.15) is 5.75 Å². The maximum atomic E-state index is 12.9. The van der Waals surface area contributed by atoms with Crippen LogP contribution in [0.1, 0.15) is 47.2 Å². The molecule has 0 saturated carbocycles. The Morgan fingerprint density at radius 3 is 2.36 bits per heavy atom. The van der Waals surface area contributed by atoms with E-state index in [4.69, 9.17) is 4.74 Å². The van der Waals surface area contributed by atoms with Gasteiger partial charge in [-0.15, -0.1) is 0 Å². The van der Waals surface area contributed by atoms with Crippen LogP contribution in [0.15, 0.2) is 60.7 Å². The molecule has 33 heavy (non-hydrogen) atoms. The average Bonchev–Trinajstić information content (AvgIpc) is 2.83. The lowest BCUT2D eigenvalue weighted by Gasteiger charge is -2.32. The van der Waals surface area contributed by atoms with Gasteiger partial charge >= 0.3 is 0 Å². The van der Waals surface area contributed by atoms with Crippen LogP contribution in [-0.4, -0.2) is 42.5 Å².